The second kappa shape index (κ2) is 11.6. The Bertz CT molecular complexity index is 488. The zero-order chi connectivity index (χ0) is 19.0. The van der Waals surface area contributed by atoms with Crippen molar-refractivity contribution in [2.45, 2.75) is 54.0 Å². The number of nitrogens with zero attached hydrogens (tertiary/aromatic N) is 2. The molecule has 1 rings (SSSR count). The summed E-state index contributed by atoms with van der Waals surface area (Å²) in [4.78, 5) is 30.3. The topological polar surface area (TPSA) is 85.8 Å². The Hall–Kier alpha value is -1.06. The maximum absolute atomic E-state index is 12.1. The van der Waals surface area contributed by atoms with E-state index < -0.39 is 0 Å². The van der Waals surface area contributed by atoms with Gasteiger partial charge in [-0.25, -0.2) is 0 Å². The fourth-order valence-corrected chi connectivity index (χ4v) is 2.56. The molecular weight excluding hydrogens is 445 g/mol. The minimum absolute atomic E-state index is 0. The minimum atomic E-state index is -0.386. The molecule has 152 valence electrons. The lowest BCUT2D eigenvalue weighted by Gasteiger charge is -2.20. The van der Waals surface area contributed by atoms with E-state index in [-0.39, 0.29) is 53.2 Å². The van der Waals surface area contributed by atoms with Crippen LogP contribution in [0.4, 0.5) is 0 Å². The Morgan fingerprint density at radius 1 is 1.23 bits per heavy atom. The maximum atomic E-state index is 12.1. The summed E-state index contributed by atoms with van der Waals surface area (Å²) in [7, 11) is 0. The first-order valence-electron chi connectivity index (χ1n) is 9.27. The number of nitrogens with one attached hydrogen (secondary N) is 3. The Morgan fingerprint density at radius 2 is 1.88 bits per heavy atom. The lowest BCUT2D eigenvalue weighted by atomic mass is 9.96. The predicted octanol–water partition coefficient (Wildman–Crippen LogP) is 1.58. The quantitative estimate of drug-likeness (QED) is 0.233. The van der Waals surface area contributed by atoms with Gasteiger partial charge in [0.2, 0.25) is 11.8 Å². The molecule has 26 heavy (non-hydrogen) atoms. The van der Waals surface area contributed by atoms with E-state index in [4.69, 9.17) is 0 Å². The van der Waals surface area contributed by atoms with Crippen LogP contribution in [-0.2, 0) is 9.59 Å². The first-order chi connectivity index (χ1) is 11.6. The van der Waals surface area contributed by atoms with Crippen molar-refractivity contribution >= 4 is 41.8 Å². The predicted molar refractivity (Wildman–Crippen MR) is 117 cm³/mol. The molecule has 1 aliphatic rings. The highest BCUT2D eigenvalue weighted by Crippen LogP contribution is 2.13. The van der Waals surface area contributed by atoms with Crippen LogP contribution in [-0.4, -0.2) is 61.4 Å². The van der Waals surface area contributed by atoms with E-state index in [1.54, 1.807) is 0 Å². The van der Waals surface area contributed by atoms with Gasteiger partial charge in [0.15, 0.2) is 5.96 Å². The zero-order valence-electron chi connectivity index (χ0n) is 17.0. The molecule has 1 atom stereocenters. The first-order valence-corrected chi connectivity index (χ1v) is 9.27. The minimum Gasteiger partial charge on any atom is -0.357 e. The summed E-state index contributed by atoms with van der Waals surface area (Å²) in [6.07, 6.45) is 0.920. The molecule has 0 bridgehead atoms. The fourth-order valence-electron chi connectivity index (χ4n) is 2.56. The molecule has 1 heterocycles. The Morgan fingerprint density at radius 3 is 2.42 bits per heavy atom. The van der Waals surface area contributed by atoms with Gasteiger partial charge < -0.3 is 20.9 Å². The standard InChI is InChI=1S/C18H35N5O2.HI/c1-7-19-17(21-10-9-20-16(25)18(4,5)6)22-14-8-11-23(12-14)15(24)13(2)3;/h13-14H,7-12H2,1-6H3,(H,20,25)(H2,19,21,22);1H. The maximum Gasteiger partial charge on any atom is 0.225 e. The van der Waals surface area contributed by atoms with E-state index in [9.17, 15) is 9.59 Å². The molecular formula is C18H36IN5O2. The summed E-state index contributed by atoms with van der Waals surface area (Å²) >= 11 is 0. The zero-order valence-corrected chi connectivity index (χ0v) is 19.3. The first kappa shape index (κ1) is 24.9. The summed E-state index contributed by atoms with van der Waals surface area (Å²) in [6.45, 7) is 14.8. The van der Waals surface area contributed by atoms with Crippen molar-refractivity contribution in [3.05, 3.63) is 0 Å². The SMILES string of the molecule is CCNC(=NCCNC(=O)C(C)(C)C)NC1CCN(C(=O)C(C)C)C1.I. The van der Waals surface area contributed by atoms with Crippen LogP contribution in [0, 0.1) is 11.3 Å². The third-order valence-electron chi connectivity index (χ3n) is 4.03. The van der Waals surface area contributed by atoms with Crippen LogP contribution in [0.1, 0.15) is 48.0 Å². The van der Waals surface area contributed by atoms with Crippen molar-refractivity contribution in [3.63, 3.8) is 0 Å². The molecule has 0 saturated carbocycles. The van der Waals surface area contributed by atoms with Crippen LogP contribution in [0.25, 0.3) is 0 Å². The van der Waals surface area contributed by atoms with Gasteiger partial charge in [-0.05, 0) is 13.3 Å². The number of carbonyl (C=O) groups is 2. The summed E-state index contributed by atoms with van der Waals surface area (Å²) in [5, 5.41) is 9.50. The number of halogens is 1. The van der Waals surface area contributed by atoms with Crippen LogP contribution >= 0.6 is 24.0 Å². The van der Waals surface area contributed by atoms with Crippen LogP contribution in [0.5, 0.6) is 0 Å². The Balaban J connectivity index is 0.00000625. The Labute approximate surface area is 175 Å². The molecule has 2 amide bonds. The number of hydrogen-bond acceptors (Lipinski definition) is 3. The van der Waals surface area contributed by atoms with E-state index in [2.05, 4.69) is 20.9 Å². The normalized spacial score (nSPS) is 17.7. The Kier molecular flexibility index (Phi) is 11.1. The largest absolute Gasteiger partial charge is 0.357 e. The highest BCUT2D eigenvalue weighted by molar-refractivity contribution is 14.0. The van der Waals surface area contributed by atoms with Crippen LogP contribution < -0.4 is 16.0 Å². The van der Waals surface area contributed by atoms with Gasteiger partial charge in [-0.1, -0.05) is 34.6 Å². The van der Waals surface area contributed by atoms with E-state index >= 15 is 0 Å². The van der Waals surface area contributed by atoms with Crippen LogP contribution in [0.3, 0.4) is 0 Å². The fraction of sp³-hybridized carbons (Fsp3) is 0.833. The molecule has 0 aromatic heterocycles. The monoisotopic (exact) mass is 481 g/mol. The van der Waals surface area contributed by atoms with Crippen LogP contribution in [0.2, 0.25) is 0 Å². The van der Waals surface area contributed by atoms with E-state index in [0.717, 1.165) is 25.5 Å². The van der Waals surface area contributed by atoms with Crippen molar-refractivity contribution in [2.24, 2.45) is 16.3 Å². The number of hydrogen-bond donors (Lipinski definition) is 3. The summed E-state index contributed by atoms with van der Waals surface area (Å²) in [6, 6.07) is 0.213. The van der Waals surface area contributed by atoms with Crippen molar-refractivity contribution in [3.8, 4) is 0 Å². The third-order valence-corrected chi connectivity index (χ3v) is 4.03. The van der Waals surface area contributed by atoms with Gasteiger partial charge in [-0.2, -0.15) is 0 Å². The third kappa shape index (κ3) is 8.55. The number of rotatable bonds is 6. The number of amides is 2. The highest BCUT2D eigenvalue weighted by Gasteiger charge is 2.28. The number of aliphatic imine (C=N–C) groups is 1. The van der Waals surface area contributed by atoms with Gasteiger partial charge >= 0.3 is 0 Å². The molecule has 0 aromatic rings. The van der Waals surface area contributed by atoms with Crippen molar-refractivity contribution in [1.29, 1.82) is 0 Å². The van der Waals surface area contributed by atoms with Gasteiger partial charge in [0.25, 0.3) is 0 Å². The molecule has 0 aliphatic carbocycles. The van der Waals surface area contributed by atoms with Gasteiger partial charge in [-0.15, -0.1) is 24.0 Å². The van der Waals surface area contributed by atoms with Crippen molar-refractivity contribution < 1.29 is 9.59 Å². The second-order valence-electron chi connectivity index (χ2n) is 7.84. The molecule has 3 N–H and O–H groups in total. The molecule has 8 heteroatoms. The summed E-state index contributed by atoms with van der Waals surface area (Å²) in [5.74, 6) is 0.999. The average molecular weight is 481 g/mol. The lowest BCUT2D eigenvalue weighted by molar-refractivity contribution is -0.133. The van der Waals surface area contributed by atoms with Gasteiger partial charge in [0.1, 0.15) is 0 Å². The van der Waals surface area contributed by atoms with Gasteiger partial charge in [-0.3, -0.25) is 14.6 Å². The van der Waals surface area contributed by atoms with Crippen LogP contribution in [0.15, 0.2) is 4.99 Å². The molecule has 1 fully saturated rings. The molecule has 1 unspecified atom stereocenters. The molecule has 1 aliphatic heterocycles. The smallest absolute Gasteiger partial charge is 0.225 e. The molecule has 1 saturated heterocycles. The van der Waals surface area contributed by atoms with E-state index in [1.165, 1.54) is 0 Å². The van der Waals surface area contributed by atoms with Crippen molar-refractivity contribution in [1.82, 2.24) is 20.9 Å². The van der Waals surface area contributed by atoms with E-state index in [0.29, 0.717) is 19.6 Å². The summed E-state index contributed by atoms with van der Waals surface area (Å²) < 4.78 is 0. The molecule has 0 radical (unpaired) electrons. The molecule has 7 nitrogen and oxygen atoms in total. The number of likely N-dealkylation sites (tertiary alicyclic amines) is 1. The molecule has 0 aromatic carbocycles. The van der Waals surface area contributed by atoms with Gasteiger partial charge in [0, 0.05) is 43.6 Å². The summed E-state index contributed by atoms with van der Waals surface area (Å²) in [5.41, 5.74) is -0.386. The lowest BCUT2D eigenvalue weighted by Crippen LogP contribution is -2.45. The molecule has 0 spiro atoms. The number of guanidine groups is 1. The second-order valence-corrected chi connectivity index (χ2v) is 7.84. The van der Waals surface area contributed by atoms with E-state index in [1.807, 2.05) is 46.4 Å². The number of carbonyl (C=O) groups excluding carboxylic acids is 2. The van der Waals surface area contributed by atoms with Crippen molar-refractivity contribution in [2.75, 3.05) is 32.7 Å². The highest BCUT2D eigenvalue weighted by atomic mass is 127. The average Bonchev–Trinajstić information content (AvgIpc) is 2.97. The van der Waals surface area contributed by atoms with Gasteiger partial charge in [0.05, 0.1) is 6.54 Å².